The molecule has 1 aromatic carbocycles. The molecule has 1 unspecified atom stereocenters. The third kappa shape index (κ3) is 3.00. The molecule has 0 spiro atoms. The molecule has 7 heteroatoms. The number of nitro benzene ring substituents is 1. The Bertz CT molecular complexity index is 594. The van der Waals surface area contributed by atoms with E-state index in [9.17, 15) is 10.1 Å². The van der Waals surface area contributed by atoms with E-state index >= 15 is 0 Å². The number of aromatic nitrogens is 1. The van der Waals surface area contributed by atoms with Gasteiger partial charge in [-0.25, -0.2) is 0 Å². The van der Waals surface area contributed by atoms with Crippen molar-refractivity contribution < 1.29 is 9.34 Å². The summed E-state index contributed by atoms with van der Waals surface area (Å²) < 4.78 is 5.47. The number of nitro groups is 1. The number of nitrogens with zero attached hydrogens (tertiary/aromatic N) is 3. The fraction of sp³-hybridized carbons (Fsp3) is 0.417. The summed E-state index contributed by atoms with van der Waals surface area (Å²) in [5.74, 6) is 0. The van der Waals surface area contributed by atoms with Crippen LogP contribution in [0.5, 0.6) is 0 Å². The van der Waals surface area contributed by atoms with Gasteiger partial charge < -0.3 is 14.6 Å². The molecule has 1 N–H and O–H groups in total. The van der Waals surface area contributed by atoms with E-state index < -0.39 is 4.92 Å². The minimum atomic E-state index is -0.460. The molecule has 0 aliphatic heterocycles. The van der Waals surface area contributed by atoms with Gasteiger partial charge in [-0.15, -0.1) is 0 Å². The molecule has 0 aliphatic carbocycles. The summed E-state index contributed by atoms with van der Waals surface area (Å²) >= 11 is 0. The highest BCUT2D eigenvalue weighted by Gasteiger charge is 2.18. The minimum absolute atomic E-state index is 0.0467. The van der Waals surface area contributed by atoms with E-state index in [1.54, 1.807) is 12.1 Å². The molecular weight excluding hydrogens is 248 g/mol. The molecule has 0 aliphatic rings. The maximum atomic E-state index is 10.9. The number of oxazole rings is 1. The van der Waals surface area contributed by atoms with Crippen molar-refractivity contribution in [3.63, 3.8) is 0 Å². The fourth-order valence-electron chi connectivity index (χ4n) is 1.95. The SMILES string of the molecule is CC(CN(C)C)Nc1nc2c([N+](=O)[O-])cccc2o1. The Hall–Kier alpha value is -2.15. The van der Waals surface area contributed by atoms with E-state index in [4.69, 9.17) is 4.42 Å². The first kappa shape index (κ1) is 13.3. The number of fused-ring (bicyclic) bond motifs is 1. The zero-order valence-corrected chi connectivity index (χ0v) is 11.1. The van der Waals surface area contributed by atoms with Crippen molar-refractivity contribution in [3.05, 3.63) is 28.3 Å². The van der Waals surface area contributed by atoms with Crippen LogP contribution in [0, 0.1) is 10.1 Å². The lowest BCUT2D eigenvalue weighted by Crippen LogP contribution is -2.29. The third-order valence-corrected chi connectivity index (χ3v) is 2.60. The van der Waals surface area contributed by atoms with Crippen LogP contribution < -0.4 is 5.32 Å². The van der Waals surface area contributed by atoms with Crippen molar-refractivity contribution in [1.29, 1.82) is 0 Å². The number of rotatable bonds is 5. The summed E-state index contributed by atoms with van der Waals surface area (Å²) in [5, 5.41) is 14.0. The maximum absolute atomic E-state index is 10.9. The van der Waals surface area contributed by atoms with E-state index in [0.717, 1.165) is 6.54 Å². The number of nitrogens with one attached hydrogen (secondary N) is 1. The lowest BCUT2D eigenvalue weighted by atomic mass is 10.3. The largest absolute Gasteiger partial charge is 0.423 e. The molecule has 0 saturated carbocycles. The molecular formula is C12H16N4O3. The van der Waals surface area contributed by atoms with Crippen molar-refractivity contribution in [2.75, 3.05) is 26.0 Å². The Morgan fingerprint density at radius 1 is 1.53 bits per heavy atom. The predicted octanol–water partition coefficient (Wildman–Crippen LogP) is 2.10. The second kappa shape index (κ2) is 5.23. The number of non-ortho nitro benzene ring substituents is 1. The number of para-hydroxylation sites is 1. The highest BCUT2D eigenvalue weighted by molar-refractivity contribution is 5.84. The van der Waals surface area contributed by atoms with Crippen LogP contribution in [0.2, 0.25) is 0 Å². The number of hydrogen-bond acceptors (Lipinski definition) is 6. The monoisotopic (exact) mass is 264 g/mol. The predicted molar refractivity (Wildman–Crippen MR) is 72.3 cm³/mol. The minimum Gasteiger partial charge on any atom is -0.423 e. The Labute approximate surface area is 110 Å². The first-order valence-electron chi connectivity index (χ1n) is 5.92. The van der Waals surface area contributed by atoms with Crippen molar-refractivity contribution in [2.45, 2.75) is 13.0 Å². The van der Waals surface area contributed by atoms with E-state index in [2.05, 4.69) is 10.3 Å². The highest BCUT2D eigenvalue weighted by atomic mass is 16.6. The van der Waals surface area contributed by atoms with Crippen molar-refractivity contribution in [1.82, 2.24) is 9.88 Å². The summed E-state index contributed by atoms with van der Waals surface area (Å²) in [6.07, 6.45) is 0. The lowest BCUT2D eigenvalue weighted by molar-refractivity contribution is -0.383. The lowest BCUT2D eigenvalue weighted by Gasteiger charge is -2.16. The molecule has 2 aromatic rings. The van der Waals surface area contributed by atoms with Crippen LogP contribution in [0.15, 0.2) is 22.6 Å². The van der Waals surface area contributed by atoms with Crippen LogP contribution in [0.3, 0.4) is 0 Å². The van der Waals surface area contributed by atoms with Crippen molar-refractivity contribution >= 4 is 22.8 Å². The first-order valence-corrected chi connectivity index (χ1v) is 5.92. The molecule has 0 fully saturated rings. The average Bonchev–Trinajstić information content (AvgIpc) is 2.68. The van der Waals surface area contributed by atoms with Crippen LogP contribution >= 0.6 is 0 Å². The van der Waals surface area contributed by atoms with Gasteiger partial charge in [-0.2, -0.15) is 4.98 Å². The first-order chi connectivity index (χ1) is 8.97. The summed E-state index contributed by atoms with van der Waals surface area (Å²) in [5.41, 5.74) is 0.635. The van der Waals surface area contributed by atoms with Crippen molar-refractivity contribution in [2.24, 2.45) is 0 Å². The van der Waals surface area contributed by atoms with Gasteiger partial charge in [0.05, 0.1) is 4.92 Å². The molecule has 1 atom stereocenters. The third-order valence-electron chi connectivity index (χ3n) is 2.60. The van der Waals surface area contributed by atoms with Crippen LogP contribution in [-0.2, 0) is 0 Å². The van der Waals surface area contributed by atoms with Crippen LogP contribution in [0.4, 0.5) is 11.7 Å². The summed E-state index contributed by atoms with van der Waals surface area (Å²) in [6.45, 7) is 2.80. The van der Waals surface area contributed by atoms with Gasteiger partial charge in [-0.3, -0.25) is 10.1 Å². The number of anilines is 1. The topological polar surface area (TPSA) is 84.4 Å². The van der Waals surface area contributed by atoms with Gasteiger partial charge in [0.1, 0.15) is 0 Å². The van der Waals surface area contributed by atoms with Crippen LogP contribution in [-0.4, -0.2) is 41.5 Å². The Kier molecular flexibility index (Phi) is 3.66. The van der Waals surface area contributed by atoms with E-state index in [0.29, 0.717) is 11.6 Å². The Balaban J connectivity index is 2.27. The molecule has 0 radical (unpaired) electrons. The van der Waals surface area contributed by atoms with Gasteiger partial charge >= 0.3 is 0 Å². The molecule has 0 amide bonds. The van der Waals surface area contributed by atoms with Gasteiger partial charge in [0.25, 0.3) is 11.7 Å². The molecule has 1 aromatic heterocycles. The van der Waals surface area contributed by atoms with Crippen LogP contribution in [0.1, 0.15) is 6.92 Å². The fourth-order valence-corrected chi connectivity index (χ4v) is 1.95. The molecule has 1 heterocycles. The molecule has 2 rings (SSSR count). The second-order valence-corrected chi connectivity index (χ2v) is 4.71. The summed E-state index contributed by atoms with van der Waals surface area (Å²) in [4.78, 5) is 16.6. The summed E-state index contributed by atoms with van der Waals surface area (Å²) in [7, 11) is 3.93. The quantitative estimate of drug-likeness (QED) is 0.657. The van der Waals surface area contributed by atoms with E-state index in [1.807, 2.05) is 25.9 Å². The van der Waals surface area contributed by atoms with Crippen LogP contribution in [0.25, 0.3) is 11.1 Å². The average molecular weight is 264 g/mol. The number of hydrogen-bond donors (Lipinski definition) is 1. The molecule has 19 heavy (non-hydrogen) atoms. The van der Waals surface area contributed by atoms with Gasteiger partial charge in [0.2, 0.25) is 0 Å². The number of likely N-dealkylation sites (N-methyl/N-ethyl adjacent to an activating group) is 1. The smallest absolute Gasteiger partial charge is 0.298 e. The normalized spacial score (nSPS) is 12.8. The van der Waals surface area contributed by atoms with Gasteiger partial charge in [0, 0.05) is 18.7 Å². The van der Waals surface area contributed by atoms with Gasteiger partial charge in [-0.1, -0.05) is 6.07 Å². The number of benzene rings is 1. The van der Waals surface area contributed by atoms with E-state index in [1.165, 1.54) is 6.07 Å². The second-order valence-electron chi connectivity index (χ2n) is 4.71. The van der Waals surface area contributed by atoms with Gasteiger partial charge in [0.15, 0.2) is 11.1 Å². The molecule has 0 bridgehead atoms. The Morgan fingerprint density at radius 2 is 2.26 bits per heavy atom. The Morgan fingerprint density at radius 3 is 2.89 bits per heavy atom. The maximum Gasteiger partial charge on any atom is 0.298 e. The van der Waals surface area contributed by atoms with Crippen molar-refractivity contribution in [3.8, 4) is 0 Å². The van der Waals surface area contributed by atoms with Gasteiger partial charge in [-0.05, 0) is 27.1 Å². The highest BCUT2D eigenvalue weighted by Crippen LogP contribution is 2.27. The molecule has 0 saturated heterocycles. The summed E-state index contributed by atoms with van der Waals surface area (Å²) in [6, 6.07) is 5.09. The zero-order valence-electron chi connectivity index (χ0n) is 11.1. The van der Waals surface area contributed by atoms with E-state index in [-0.39, 0.29) is 17.2 Å². The standard InChI is InChI=1S/C12H16N4O3/c1-8(7-15(2)3)13-12-14-11-9(16(17)18)5-4-6-10(11)19-12/h4-6,8H,7H2,1-3H3,(H,13,14). The molecule has 102 valence electrons. The molecule has 7 nitrogen and oxygen atoms in total. The zero-order chi connectivity index (χ0) is 14.0.